The molecule has 0 radical (unpaired) electrons. The molecule has 2 N–H and O–H groups in total. The molecule has 1 amide bonds. The van der Waals surface area contributed by atoms with Crippen molar-refractivity contribution in [3.05, 3.63) is 60.0 Å². The lowest BCUT2D eigenvalue weighted by atomic mass is 10.1. The first-order chi connectivity index (χ1) is 12.2. The molecule has 0 aliphatic carbocycles. The minimum atomic E-state index is -0.195. The van der Waals surface area contributed by atoms with Crippen LogP contribution in [0.15, 0.2) is 60.0 Å². The lowest BCUT2D eigenvalue weighted by Gasteiger charge is -2.08. The normalized spacial score (nSPS) is 10.3. The molecule has 0 unspecified atom stereocenters. The van der Waals surface area contributed by atoms with E-state index in [1.807, 2.05) is 66.9 Å². The van der Waals surface area contributed by atoms with Crippen LogP contribution in [0.5, 0.6) is 5.75 Å². The van der Waals surface area contributed by atoms with Crippen molar-refractivity contribution in [3.63, 3.8) is 0 Å². The molecule has 25 heavy (non-hydrogen) atoms. The van der Waals surface area contributed by atoms with E-state index in [1.165, 1.54) is 0 Å². The van der Waals surface area contributed by atoms with Gasteiger partial charge < -0.3 is 15.4 Å². The van der Waals surface area contributed by atoms with E-state index in [0.717, 1.165) is 28.6 Å². The third-order valence-corrected chi connectivity index (χ3v) is 4.21. The number of anilines is 2. The maximum absolute atomic E-state index is 12.0. The van der Waals surface area contributed by atoms with E-state index in [9.17, 15) is 4.79 Å². The number of amides is 1. The van der Waals surface area contributed by atoms with Crippen LogP contribution < -0.4 is 15.4 Å². The molecule has 6 heteroatoms. The summed E-state index contributed by atoms with van der Waals surface area (Å²) in [5.41, 5.74) is 2.66. The first-order valence-electron chi connectivity index (χ1n) is 8.02. The van der Waals surface area contributed by atoms with Crippen molar-refractivity contribution in [2.24, 2.45) is 0 Å². The molecule has 0 fully saturated rings. The van der Waals surface area contributed by atoms with Crippen LogP contribution >= 0.6 is 11.3 Å². The Labute approximate surface area is 150 Å². The van der Waals surface area contributed by atoms with Crippen molar-refractivity contribution in [2.45, 2.75) is 6.92 Å². The molecule has 128 valence electrons. The predicted octanol–water partition coefficient (Wildman–Crippen LogP) is 4.26. The first-order valence-corrected chi connectivity index (χ1v) is 8.90. The topological polar surface area (TPSA) is 63.2 Å². The van der Waals surface area contributed by atoms with E-state index in [4.69, 9.17) is 4.74 Å². The van der Waals surface area contributed by atoms with Crippen LogP contribution in [0.25, 0.3) is 11.3 Å². The standard InChI is InChI=1S/C19H19N3O2S/c1-2-20-19-22-17(13-25-19)14-8-10-15(11-9-14)21-18(23)12-24-16-6-4-3-5-7-16/h3-11,13H,2,12H2,1H3,(H,20,22)(H,21,23). The molecule has 0 saturated heterocycles. The minimum Gasteiger partial charge on any atom is -0.484 e. The molecule has 3 aromatic rings. The largest absolute Gasteiger partial charge is 0.484 e. The number of hydrogen-bond donors (Lipinski definition) is 2. The highest BCUT2D eigenvalue weighted by atomic mass is 32.1. The third kappa shape index (κ3) is 4.81. The number of benzene rings is 2. The van der Waals surface area contributed by atoms with Crippen LogP contribution in [-0.2, 0) is 4.79 Å². The van der Waals surface area contributed by atoms with Gasteiger partial charge in [0.2, 0.25) is 0 Å². The van der Waals surface area contributed by atoms with Crippen LogP contribution in [-0.4, -0.2) is 24.0 Å². The molecular weight excluding hydrogens is 334 g/mol. The van der Waals surface area contributed by atoms with Gasteiger partial charge in [0.05, 0.1) is 5.69 Å². The Morgan fingerprint density at radius 2 is 1.88 bits per heavy atom. The van der Waals surface area contributed by atoms with Crippen LogP contribution in [0.2, 0.25) is 0 Å². The summed E-state index contributed by atoms with van der Waals surface area (Å²) in [6.07, 6.45) is 0. The predicted molar refractivity (Wildman–Crippen MR) is 102 cm³/mol. The summed E-state index contributed by atoms with van der Waals surface area (Å²) in [6, 6.07) is 16.9. The number of nitrogens with one attached hydrogen (secondary N) is 2. The Morgan fingerprint density at radius 1 is 1.12 bits per heavy atom. The second-order valence-corrected chi connectivity index (χ2v) is 6.15. The van der Waals surface area contributed by atoms with E-state index in [0.29, 0.717) is 5.75 Å². The summed E-state index contributed by atoms with van der Waals surface area (Å²) < 4.78 is 5.43. The number of aromatic nitrogens is 1. The van der Waals surface area contributed by atoms with Crippen molar-refractivity contribution in [1.82, 2.24) is 4.98 Å². The van der Waals surface area contributed by atoms with Gasteiger partial charge in [-0.1, -0.05) is 30.3 Å². The average molecular weight is 353 g/mol. The van der Waals surface area contributed by atoms with Crippen LogP contribution in [0.1, 0.15) is 6.92 Å². The number of hydrogen-bond acceptors (Lipinski definition) is 5. The highest BCUT2D eigenvalue weighted by Crippen LogP contribution is 2.25. The first kappa shape index (κ1) is 17.0. The van der Waals surface area contributed by atoms with Gasteiger partial charge in [-0.05, 0) is 31.2 Å². The van der Waals surface area contributed by atoms with Crippen molar-refractivity contribution < 1.29 is 9.53 Å². The smallest absolute Gasteiger partial charge is 0.262 e. The highest BCUT2D eigenvalue weighted by molar-refractivity contribution is 7.14. The van der Waals surface area contributed by atoms with Gasteiger partial charge in [0.1, 0.15) is 5.75 Å². The second-order valence-electron chi connectivity index (χ2n) is 5.30. The third-order valence-electron chi connectivity index (χ3n) is 3.41. The zero-order chi connectivity index (χ0) is 17.5. The molecule has 5 nitrogen and oxygen atoms in total. The Bertz CT molecular complexity index is 816. The molecule has 1 heterocycles. The fourth-order valence-corrected chi connectivity index (χ4v) is 3.02. The number of nitrogens with zero attached hydrogens (tertiary/aromatic N) is 1. The molecular formula is C19H19N3O2S. The molecule has 0 spiro atoms. The highest BCUT2D eigenvalue weighted by Gasteiger charge is 2.06. The molecule has 0 aliphatic heterocycles. The molecule has 1 aromatic heterocycles. The second kappa shape index (κ2) is 8.30. The number of thiazole rings is 1. The number of para-hydroxylation sites is 1. The average Bonchev–Trinajstić information content (AvgIpc) is 3.10. The number of carbonyl (C=O) groups excluding carboxylic acids is 1. The molecule has 0 atom stereocenters. The maximum Gasteiger partial charge on any atom is 0.262 e. The fraction of sp³-hybridized carbons (Fsp3) is 0.158. The lowest BCUT2D eigenvalue weighted by molar-refractivity contribution is -0.118. The number of ether oxygens (including phenoxy) is 1. The van der Waals surface area contributed by atoms with Gasteiger partial charge in [0.25, 0.3) is 5.91 Å². The van der Waals surface area contributed by atoms with E-state index in [1.54, 1.807) is 11.3 Å². The van der Waals surface area contributed by atoms with Crippen LogP contribution in [0, 0.1) is 0 Å². The van der Waals surface area contributed by atoms with E-state index >= 15 is 0 Å². The Hall–Kier alpha value is -2.86. The van der Waals surface area contributed by atoms with Gasteiger partial charge in [-0.2, -0.15) is 0 Å². The molecule has 2 aromatic carbocycles. The molecule has 3 rings (SSSR count). The molecule has 0 saturated carbocycles. The quantitative estimate of drug-likeness (QED) is 0.666. The van der Waals surface area contributed by atoms with Gasteiger partial charge in [0.15, 0.2) is 11.7 Å². The molecule has 0 bridgehead atoms. The van der Waals surface area contributed by atoms with Crippen molar-refractivity contribution in [1.29, 1.82) is 0 Å². The summed E-state index contributed by atoms with van der Waals surface area (Å²) in [5, 5.41) is 8.94. The van der Waals surface area contributed by atoms with Crippen molar-refractivity contribution >= 4 is 28.1 Å². The number of carbonyl (C=O) groups is 1. The Morgan fingerprint density at radius 3 is 2.60 bits per heavy atom. The monoisotopic (exact) mass is 353 g/mol. The number of rotatable bonds is 7. The summed E-state index contributed by atoms with van der Waals surface area (Å²) >= 11 is 1.58. The van der Waals surface area contributed by atoms with Gasteiger partial charge >= 0.3 is 0 Å². The lowest BCUT2D eigenvalue weighted by Crippen LogP contribution is -2.20. The van der Waals surface area contributed by atoms with Gasteiger partial charge in [-0.25, -0.2) is 4.98 Å². The van der Waals surface area contributed by atoms with Gasteiger partial charge in [-0.3, -0.25) is 4.79 Å². The SMILES string of the molecule is CCNc1nc(-c2ccc(NC(=O)COc3ccccc3)cc2)cs1. The van der Waals surface area contributed by atoms with Crippen molar-refractivity contribution in [3.8, 4) is 17.0 Å². The van der Waals surface area contributed by atoms with E-state index in [-0.39, 0.29) is 12.5 Å². The van der Waals surface area contributed by atoms with Crippen LogP contribution in [0.3, 0.4) is 0 Å². The van der Waals surface area contributed by atoms with E-state index < -0.39 is 0 Å². The maximum atomic E-state index is 12.0. The minimum absolute atomic E-state index is 0.0239. The van der Waals surface area contributed by atoms with Gasteiger partial charge in [0, 0.05) is 23.2 Å². The zero-order valence-electron chi connectivity index (χ0n) is 13.9. The molecule has 0 aliphatic rings. The van der Waals surface area contributed by atoms with Crippen molar-refractivity contribution in [2.75, 3.05) is 23.8 Å². The van der Waals surface area contributed by atoms with Gasteiger partial charge in [-0.15, -0.1) is 11.3 Å². The Balaban J connectivity index is 1.55. The summed E-state index contributed by atoms with van der Waals surface area (Å²) in [7, 11) is 0. The Kier molecular flexibility index (Phi) is 5.64. The summed E-state index contributed by atoms with van der Waals surface area (Å²) in [5.74, 6) is 0.479. The summed E-state index contributed by atoms with van der Waals surface area (Å²) in [6.45, 7) is 2.87. The summed E-state index contributed by atoms with van der Waals surface area (Å²) in [4.78, 5) is 16.5. The fourth-order valence-electron chi connectivity index (χ4n) is 2.23. The van der Waals surface area contributed by atoms with E-state index in [2.05, 4.69) is 15.6 Å². The van der Waals surface area contributed by atoms with Crippen LogP contribution in [0.4, 0.5) is 10.8 Å². The zero-order valence-corrected chi connectivity index (χ0v) is 14.7.